The number of aromatic nitrogens is 1. The Morgan fingerprint density at radius 1 is 1.00 bits per heavy atom. The quantitative estimate of drug-likeness (QED) is 0.824. The third kappa shape index (κ3) is 2.59. The van der Waals surface area contributed by atoms with E-state index in [0.717, 1.165) is 0 Å². The van der Waals surface area contributed by atoms with Crippen molar-refractivity contribution in [3.05, 3.63) is 59.4 Å². The van der Waals surface area contributed by atoms with E-state index in [1.54, 1.807) is 0 Å². The van der Waals surface area contributed by atoms with Crippen LogP contribution in [0.3, 0.4) is 0 Å². The number of aromatic amines is 1. The highest BCUT2D eigenvalue weighted by Gasteiger charge is 2.12. The van der Waals surface area contributed by atoms with Gasteiger partial charge in [0, 0.05) is 11.9 Å². The summed E-state index contributed by atoms with van der Waals surface area (Å²) in [6, 6.07) is 13.2. The van der Waals surface area contributed by atoms with Crippen LogP contribution in [-0.2, 0) is 0 Å². The average Bonchev–Trinajstić information content (AvgIpc) is 2.84. The normalized spacial score (nSPS) is 12.9. The molecular formula is C15H20N2. The standard InChI is InChI=1S/C15H20N2/c1-11(2)12-6-8-13(9-7-12)15(16-3)14-5-4-10-17-14/h4-11,15-17H,1-3H3. The second-order valence-electron chi connectivity index (χ2n) is 4.67. The molecule has 1 heterocycles. The maximum Gasteiger partial charge on any atom is 0.0726 e. The summed E-state index contributed by atoms with van der Waals surface area (Å²) in [5.41, 5.74) is 3.87. The van der Waals surface area contributed by atoms with Gasteiger partial charge in [-0.25, -0.2) is 0 Å². The molecule has 2 N–H and O–H groups in total. The van der Waals surface area contributed by atoms with Crippen LogP contribution in [-0.4, -0.2) is 12.0 Å². The van der Waals surface area contributed by atoms with Crippen molar-refractivity contribution in [1.82, 2.24) is 10.3 Å². The monoisotopic (exact) mass is 228 g/mol. The van der Waals surface area contributed by atoms with Crippen molar-refractivity contribution in [2.24, 2.45) is 0 Å². The summed E-state index contributed by atoms with van der Waals surface area (Å²) in [4.78, 5) is 3.26. The third-order valence-electron chi connectivity index (χ3n) is 3.16. The fourth-order valence-corrected chi connectivity index (χ4v) is 2.10. The van der Waals surface area contributed by atoms with E-state index in [2.05, 4.69) is 54.5 Å². The zero-order chi connectivity index (χ0) is 12.3. The van der Waals surface area contributed by atoms with Gasteiger partial charge in [-0.1, -0.05) is 38.1 Å². The highest BCUT2D eigenvalue weighted by atomic mass is 14.9. The van der Waals surface area contributed by atoms with Crippen LogP contribution in [0.15, 0.2) is 42.6 Å². The maximum absolute atomic E-state index is 3.34. The Bertz CT molecular complexity index is 440. The summed E-state index contributed by atoms with van der Waals surface area (Å²) in [5.74, 6) is 0.586. The Morgan fingerprint density at radius 3 is 2.12 bits per heavy atom. The lowest BCUT2D eigenvalue weighted by molar-refractivity contribution is 0.674. The van der Waals surface area contributed by atoms with Crippen LogP contribution in [0.2, 0.25) is 0 Å². The van der Waals surface area contributed by atoms with Gasteiger partial charge in [-0.15, -0.1) is 0 Å². The van der Waals surface area contributed by atoms with E-state index in [1.165, 1.54) is 16.8 Å². The van der Waals surface area contributed by atoms with Crippen molar-refractivity contribution in [3.8, 4) is 0 Å². The van der Waals surface area contributed by atoms with Crippen LogP contribution in [0.25, 0.3) is 0 Å². The topological polar surface area (TPSA) is 27.8 Å². The minimum Gasteiger partial charge on any atom is -0.363 e. The third-order valence-corrected chi connectivity index (χ3v) is 3.16. The number of nitrogens with one attached hydrogen (secondary N) is 2. The Balaban J connectivity index is 2.26. The molecule has 0 amide bonds. The van der Waals surface area contributed by atoms with Crippen LogP contribution in [0.4, 0.5) is 0 Å². The molecule has 0 aliphatic rings. The summed E-state index contributed by atoms with van der Waals surface area (Å²) in [7, 11) is 1.99. The van der Waals surface area contributed by atoms with Crippen molar-refractivity contribution < 1.29 is 0 Å². The van der Waals surface area contributed by atoms with Crippen LogP contribution in [0.1, 0.15) is 42.6 Å². The molecule has 1 atom stereocenters. The van der Waals surface area contributed by atoms with Gasteiger partial charge in [0.2, 0.25) is 0 Å². The largest absolute Gasteiger partial charge is 0.363 e. The fourth-order valence-electron chi connectivity index (χ4n) is 2.10. The molecule has 0 radical (unpaired) electrons. The van der Waals surface area contributed by atoms with Gasteiger partial charge in [-0.2, -0.15) is 0 Å². The van der Waals surface area contributed by atoms with E-state index in [1.807, 2.05) is 19.3 Å². The minimum absolute atomic E-state index is 0.242. The molecule has 2 heteroatoms. The number of hydrogen-bond donors (Lipinski definition) is 2. The molecule has 0 aliphatic heterocycles. The average molecular weight is 228 g/mol. The molecule has 1 unspecified atom stereocenters. The van der Waals surface area contributed by atoms with Gasteiger partial charge < -0.3 is 10.3 Å². The van der Waals surface area contributed by atoms with Gasteiger partial charge in [-0.3, -0.25) is 0 Å². The molecule has 2 rings (SSSR count). The van der Waals surface area contributed by atoms with Crippen LogP contribution in [0.5, 0.6) is 0 Å². The number of rotatable bonds is 4. The zero-order valence-electron chi connectivity index (χ0n) is 10.7. The highest BCUT2D eigenvalue weighted by Crippen LogP contribution is 2.22. The molecule has 2 aromatic rings. The lowest BCUT2D eigenvalue weighted by Crippen LogP contribution is -2.17. The predicted octanol–water partition coefficient (Wildman–Crippen LogP) is 3.45. The molecule has 0 saturated heterocycles. The first-order chi connectivity index (χ1) is 8.22. The summed E-state index contributed by atoms with van der Waals surface area (Å²) in [6.07, 6.45) is 1.96. The van der Waals surface area contributed by atoms with E-state index in [-0.39, 0.29) is 6.04 Å². The van der Waals surface area contributed by atoms with Gasteiger partial charge in [0.1, 0.15) is 0 Å². The molecule has 0 spiro atoms. The molecule has 1 aromatic carbocycles. The Kier molecular flexibility index (Phi) is 3.64. The number of hydrogen-bond acceptors (Lipinski definition) is 1. The van der Waals surface area contributed by atoms with E-state index in [0.29, 0.717) is 5.92 Å². The molecule has 0 saturated carbocycles. The molecule has 2 nitrogen and oxygen atoms in total. The van der Waals surface area contributed by atoms with Crippen molar-refractivity contribution in [2.75, 3.05) is 7.05 Å². The lowest BCUT2D eigenvalue weighted by atomic mass is 9.98. The number of H-pyrrole nitrogens is 1. The van der Waals surface area contributed by atoms with Crippen LogP contribution >= 0.6 is 0 Å². The van der Waals surface area contributed by atoms with E-state index in [9.17, 15) is 0 Å². The Labute approximate surface area is 103 Å². The Morgan fingerprint density at radius 2 is 1.65 bits per heavy atom. The van der Waals surface area contributed by atoms with Crippen molar-refractivity contribution >= 4 is 0 Å². The minimum atomic E-state index is 0.242. The molecule has 0 bridgehead atoms. The Hall–Kier alpha value is -1.54. The van der Waals surface area contributed by atoms with Gasteiger partial charge in [0.05, 0.1) is 6.04 Å². The molecular weight excluding hydrogens is 208 g/mol. The molecule has 0 aliphatic carbocycles. The van der Waals surface area contributed by atoms with E-state index < -0.39 is 0 Å². The highest BCUT2D eigenvalue weighted by molar-refractivity contribution is 5.31. The van der Waals surface area contributed by atoms with Gasteiger partial charge >= 0.3 is 0 Å². The first kappa shape index (κ1) is 11.9. The predicted molar refractivity (Wildman–Crippen MR) is 72.2 cm³/mol. The summed E-state index contributed by atoms with van der Waals surface area (Å²) in [6.45, 7) is 4.44. The summed E-state index contributed by atoms with van der Waals surface area (Å²) < 4.78 is 0. The lowest BCUT2D eigenvalue weighted by Gasteiger charge is -2.16. The second-order valence-corrected chi connectivity index (χ2v) is 4.67. The molecule has 1 aromatic heterocycles. The van der Waals surface area contributed by atoms with Crippen LogP contribution in [0, 0.1) is 0 Å². The second kappa shape index (κ2) is 5.19. The van der Waals surface area contributed by atoms with Crippen molar-refractivity contribution in [3.63, 3.8) is 0 Å². The summed E-state index contributed by atoms with van der Waals surface area (Å²) in [5, 5.41) is 3.34. The van der Waals surface area contributed by atoms with E-state index >= 15 is 0 Å². The van der Waals surface area contributed by atoms with Crippen molar-refractivity contribution in [2.45, 2.75) is 25.8 Å². The molecule has 17 heavy (non-hydrogen) atoms. The van der Waals surface area contributed by atoms with Crippen molar-refractivity contribution in [1.29, 1.82) is 0 Å². The smallest absolute Gasteiger partial charge is 0.0726 e. The summed E-state index contributed by atoms with van der Waals surface area (Å²) >= 11 is 0. The first-order valence-corrected chi connectivity index (χ1v) is 6.12. The van der Waals surface area contributed by atoms with Gasteiger partial charge in [0.25, 0.3) is 0 Å². The van der Waals surface area contributed by atoms with Gasteiger partial charge in [0.15, 0.2) is 0 Å². The fraction of sp³-hybridized carbons (Fsp3) is 0.333. The first-order valence-electron chi connectivity index (χ1n) is 6.12. The SMILES string of the molecule is CNC(c1ccc(C(C)C)cc1)c1ccc[nH]1. The maximum atomic E-state index is 3.34. The van der Waals surface area contributed by atoms with E-state index in [4.69, 9.17) is 0 Å². The van der Waals surface area contributed by atoms with Crippen LogP contribution < -0.4 is 5.32 Å². The van der Waals surface area contributed by atoms with Gasteiger partial charge in [-0.05, 0) is 36.2 Å². The molecule has 90 valence electrons. The number of benzene rings is 1. The molecule has 0 fully saturated rings. The zero-order valence-corrected chi connectivity index (χ0v) is 10.7.